The summed E-state index contributed by atoms with van der Waals surface area (Å²) >= 11 is 0. The normalized spacial score (nSPS) is 13.6. The van der Waals surface area contributed by atoms with Gasteiger partial charge in [-0.1, -0.05) is 12.1 Å². The zero-order valence-electron chi connectivity index (χ0n) is 12.6. The van der Waals surface area contributed by atoms with Crippen molar-refractivity contribution in [3.63, 3.8) is 0 Å². The zero-order valence-corrected chi connectivity index (χ0v) is 12.6. The van der Waals surface area contributed by atoms with Crippen molar-refractivity contribution in [3.8, 4) is 0 Å². The van der Waals surface area contributed by atoms with E-state index in [9.17, 15) is 22.8 Å². The van der Waals surface area contributed by atoms with Gasteiger partial charge in [0.05, 0.1) is 5.56 Å². The highest BCUT2D eigenvalue weighted by Gasteiger charge is 2.30. The minimum atomic E-state index is -4.46. The summed E-state index contributed by atoms with van der Waals surface area (Å²) in [5.74, 6) is -0.844. The van der Waals surface area contributed by atoms with Crippen LogP contribution in [0.5, 0.6) is 0 Å². The summed E-state index contributed by atoms with van der Waals surface area (Å²) < 4.78 is 43.0. The molecule has 1 aromatic carbocycles. The van der Waals surface area contributed by atoms with Crippen LogP contribution in [-0.2, 0) is 30.4 Å². The maximum atomic E-state index is 12.7. The highest BCUT2D eigenvalue weighted by Crippen LogP contribution is 2.29. The number of hydrogen-bond acceptors (Lipinski definition) is 3. The molecule has 7 heteroatoms. The van der Waals surface area contributed by atoms with Gasteiger partial charge < -0.3 is 9.72 Å². The molecule has 0 fully saturated rings. The average molecular weight is 337 g/mol. The fourth-order valence-corrected chi connectivity index (χ4v) is 2.73. The molecule has 1 aliphatic rings. The van der Waals surface area contributed by atoms with E-state index in [2.05, 4.69) is 4.98 Å². The van der Waals surface area contributed by atoms with E-state index in [1.165, 1.54) is 18.2 Å². The first-order valence-electron chi connectivity index (χ1n) is 7.43. The molecule has 1 N–H and O–H groups in total. The Labute approximate surface area is 135 Å². The average Bonchev–Trinajstić information content (AvgIpc) is 2.98. The van der Waals surface area contributed by atoms with Gasteiger partial charge in [0.15, 0.2) is 0 Å². The first-order valence-corrected chi connectivity index (χ1v) is 7.43. The molecule has 126 valence electrons. The van der Waals surface area contributed by atoms with Crippen molar-refractivity contribution in [1.82, 2.24) is 4.98 Å². The molecule has 0 unspecified atom stereocenters. The molecule has 3 rings (SSSR count). The minimum absolute atomic E-state index is 0.123. The van der Waals surface area contributed by atoms with Crippen molar-refractivity contribution in [1.29, 1.82) is 0 Å². The van der Waals surface area contributed by atoms with E-state index in [1.807, 2.05) is 0 Å². The number of aryl methyl sites for hydroxylation is 2. The SMILES string of the molecule is O=C(OCc1cccc(C(F)(F)F)c1)c1cc2c([nH]c1=O)CCC2. The van der Waals surface area contributed by atoms with E-state index in [0.29, 0.717) is 0 Å². The summed E-state index contributed by atoms with van der Waals surface area (Å²) in [6.45, 7) is -0.334. The predicted molar refractivity (Wildman–Crippen MR) is 79.7 cm³/mol. The number of aromatic amines is 1. The second-order valence-electron chi connectivity index (χ2n) is 5.64. The Morgan fingerprint density at radius 2 is 2.00 bits per heavy atom. The maximum absolute atomic E-state index is 12.7. The first kappa shape index (κ1) is 16.3. The number of alkyl halides is 3. The number of benzene rings is 1. The number of fused-ring (bicyclic) bond motifs is 1. The first-order chi connectivity index (χ1) is 11.3. The Morgan fingerprint density at radius 3 is 2.75 bits per heavy atom. The van der Waals surface area contributed by atoms with Crippen LogP contribution >= 0.6 is 0 Å². The third kappa shape index (κ3) is 3.34. The molecule has 1 aliphatic carbocycles. The third-order valence-electron chi connectivity index (χ3n) is 3.93. The van der Waals surface area contributed by atoms with Crippen molar-refractivity contribution in [2.75, 3.05) is 0 Å². The summed E-state index contributed by atoms with van der Waals surface area (Å²) in [5.41, 5.74) is 0.463. The number of H-pyrrole nitrogens is 1. The Balaban J connectivity index is 1.74. The summed E-state index contributed by atoms with van der Waals surface area (Å²) in [7, 11) is 0. The quantitative estimate of drug-likeness (QED) is 0.875. The lowest BCUT2D eigenvalue weighted by molar-refractivity contribution is -0.137. The molecular weight excluding hydrogens is 323 g/mol. The molecule has 0 saturated carbocycles. The lowest BCUT2D eigenvalue weighted by Gasteiger charge is -2.09. The molecular formula is C17H14F3NO3. The van der Waals surface area contributed by atoms with Gasteiger partial charge in [0.2, 0.25) is 0 Å². The molecule has 24 heavy (non-hydrogen) atoms. The van der Waals surface area contributed by atoms with Crippen LogP contribution in [0.2, 0.25) is 0 Å². The zero-order chi connectivity index (χ0) is 17.3. The molecule has 2 aromatic rings. The highest BCUT2D eigenvalue weighted by atomic mass is 19.4. The van der Waals surface area contributed by atoms with Gasteiger partial charge >= 0.3 is 12.1 Å². The van der Waals surface area contributed by atoms with E-state index >= 15 is 0 Å². The number of pyridine rings is 1. The number of hydrogen-bond donors (Lipinski definition) is 1. The highest BCUT2D eigenvalue weighted by molar-refractivity contribution is 5.89. The minimum Gasteiger partial charge on any atom is -0.457 e. The van der Waals surface area contributed by atoms with Gasteiger partial charge in [-0.25, -0.2) is 4.79 Å². The molecule has 4 nitrogen and oxygen atoms in total. The Hall–Kier alpha value is -2.57. The van der Waals surface area contributed by atoms with E-state index in [4.69, 9.17) is 4.74 Å². The van der Waals surface area contributed by atoms with Gasteiger partial charge in [0.1, 0.15) is 12.2 Å². The van der Waals surface area contributed by atoms with Crippen LogP contribution in [0.3, 0.4) is 0 Å². The maximum Gasteiger partial charge on any atom is 0.416 e. The lowest BCUT2D eigenvalue weighted by atomic mass is 10.1. The number of esters is 1. The van der Waals surface area contributed by atoms with E-state index in [0.717, 1.165) is 42.7 Å². The van der Waals surface area contributed by atoms with Crippen LogP contribution in [0.25, 0.3) is 0 Å². The van der Waals surface area contributed by atoms with Crippen molar-refractivity contribution < 1.29 is 22.7 Å². The van der Waals surface area contributed by atoms with Gasteiger partial charge in [-0.3, -0.25) is 4.79 Å². The molecule has 0 saturated heterocycles. The van der Waals surface area contributed by atoms with Gasteiger partial charge in [0.25, 0.3) is 5.56 Å². The summed E-state index contributed by atoms with van der Waals surface area (Å²) in [5, 5.41) is 0. The summed E-state index contributed by atoms with van der Waals surface area (Å²) in [6.07, 6.45) is -2.00. The lowest BCUT2D eigenvalue weighted by Crippen LogP contribution is -2.21. The Bertz CT molecular complexity index is 840. The van der Waals surface area contributed by atoms with Crippen molar-refractivity contribution in [2.45, 2.75) is 32.0 Å². The largest absolute Gasteiger partial charge is 0.457 e. The second-order valence-corrected chi connectivity index (χ2v) is 5.64. The van der Waals surface area contributed by atoms with Crippen LogP contribution in [0.4, 0.5) is 13.2 Å². The summed E-state index contributed by atoms with van der Waals surface area (Å²) in [6, 6.07) is 6.04. The van der Waals surface area contributed by atoms with Crippen LogP contribution in [0.1, 0.15) is 39.2 Å². The number of aromatic nitrogens is 1. The van der Waals surface area contributed by atoms with Crippen LogP contribution < -0.4 is 5.56 Å². The van der Waals surface area contributed by atoms with Gasteiger partial charge in [-0.2, -0.15) is 13.2 Å². The smallest absolute Gasteiger partial charge is 0.416 e. The monoisotopic (exact) mass is 337 g/mol. The molecule has 1 aromatic heterocycles. The number of halogens is 3. The van der Waals surface area contributed by atoms with E-state index in [-0.39, 0.29) is 17.7 Å². The van der Waals surface area contributed by atoms with E-state index in [1.54, 1.807) is 0 Å². The number of nitrogens with one attached hydrogen (secondary N) is 1. The number of rotatable bonds is 3. The van der Waals surface area contributed by atoms with Gasteiger partial charge in [0, 0.05) is 5.69 Å². The topological polar surface area (TPSA) is 59.2 Å². The molecule has 0 amide bonds. The molecule has 0 radical (unpaired) electrons. The Morgan fingerprint density at radius 1 is 1.21 bits per heavy atom. The number of carbonyl (C=O) groups excluding carboxylic acids is 1. The molecule has 0 bridgehead atoms. The fraction of sp³-hybridized carbons (Fsp3) is 0.294. The van der Waals surface area contributed by atoms with Crippen LogP contribution in [-0.4, -0.2) is 11.0 Å². The standard InChI is InChI=1S/C17H14F3NO3/c18-17(19,20)12-5-1-3-10(7-12)9-24-16(23)13-8-11-4-2-6-14(11)21-15(13)22/h1,3,5,7-8H,2,4,6,9H2,(H,21,22). The second kappa shape index (κ2) is 6.14. The molecule has 1 heterocycles. The molecule has 0 spiro atoms. The van der Waals surface area contributed by atoms with Crippen molar-refractivity contribution in [2.24, 2.45) is 0 Å². The number of ether oxygens (including phenoxy) is 1. The van der Waals surface area contributed by atoms with Crippen molar-refractivity contribution >= 4 is 5.97 Å². The van der Waals surface area contributed by atoms with Crippen LogP contribution in [0, 0.1) is 0 Å². The van der Waals surface area contributed by atoms with Gasteiger partial charge in [-0.15, -0.1) is 0 Å². The predicted octanol–water partition coefficient (Wildman–Crippen LogP) is 3.24. The van der Waals surface area contributed by atoms with Crippen LogP contribution in [0.15, 0.2) is 35.1 Å². The van der Waals surface area contributed by atoms with Gasteiger partial charge in [-0.05, 0) is 48.6 Å². The fourth-order valence-electron chi connectivity index (χ4n) is 2.73. The van der Waals surface area contributed by atoms with E-state index < -0.39 is 23.3 Å². The summed E-state index contributed by atoms with van der Waals surface area (Å²) in [4.78, 5) is 26.6. The third-order valence-corrected chi connectivity index (χ3v) is 3.93. The van der Waals surface area contributed by atoms with Crippen molar-refractivity contribution in [3.05, 3.63) is 68.6 Å². The molecule has 0 aliphatic heterocycles. The Kier molecular flexibility index (Phi) is 4.17. The molecule has 0 atom stereocenters. The number of carbonyl (C=O) groups is 1.